The van der Waals surface area contributed by atoms with Crippen LogP contribution in [-0.2, 0) is 4.74 Å². The lowest BCUT2D eigenvalue weighted by Gasteiger charge is -2.07. The van der Waals surface area contributed by atoms with Crippen molar-refractivity contribution < 1.29 is 9.13 Å². The molecule has 0 spiro atoms. The van der Waals surface area contributed by atoms with Crippen LogP contribution >= 0.6 is 0 Å². The summed E-state index contributed by atoms with van der Waals surface area (Å²) in [6, 6.07) is 6.63. The van der Waals surface area contributed by atoms with Crippen molar-refractivity contribution in [1.82, 2.24) is 0 Å². The van der Waals surface area contributed by atoms with Gasteiger partial charge in [-0.15, -0.1) is 0 Å². The predicted octanol–water partition coefficient (Wildman–Crippen LogP) is 2.33. The fourth-order valence-corrected chi connectivity index (χ4v) is 1.33. The lowest BCUT2D eigenvalue weighted by Crippen LogP contribution is -2.00. The Kier molecular flexibility index (Phi) is 1.85. The molecule has 64 valence electrons. The van der Waals surface area contributed by atoms with Crippen LogP contribution in [0.4, 0.5) is 4.39 Å². The van der Waals surface area contributed by atoms with E-state index in [0.29, 0.717) is 12.0 Å². The van der Waals surface area contributed by atoms with Crippen LogP contribution in [0.1, 0.15) is 18.4 Å². The average Bonchev–Trinajstić information content (AvgIpc) is 2.87. The van der Waals surface area contributed by atoms with Crippen LogP contribution in [0.5, 0.6) is 0 Å². The van der Waals surface area contributed by atoms with Crippen molar-refractivity contribution in [2.24, 2.45) is 0 Å². The van der Waals surface area contributed by atoms with Crippen molar-refractivity contribution in [3.63, 3.8) is 0 Å². The first-order valence-electron chi connectivity index (χ1n) is 4.14. The Labute approximate surface area is 71.2 Å². The number of hydrogen-bond donors (Lipinski definition) is 0. The van der Waals surface area contributed by atoms with E-state index < -0.39 is 0 Å². The van der Waals surface area contributed by atoms with Gasteiger partial charge in [-0.25, -0.2) is 4.39 Å². The standard InChI is InChI=1S/C10H11FO/c1-7(10-6-12-10)8-2-4-9(11)5-3-8/h2-5,7,10H,6H2,1H3. The van der Waals surface area contributed by atoms with Gasteiger partial charge < -0.3 is 4.74 Å². The first kappa shape index (κ1) is 7.74. The summed E-state index contributed by atoms with van der Waals surface area (Å²) in [6.07, 6.45) is 0.357. The molecule has 0 bridgehead atoms. The van der Waals surface area contributed by atoms with Crippen molar-refractivity contribution in [2.45, 2.75) is 18.9 Å². The molecule has 1 aliphatic heterocycles. The van der Waals surface area contributed by atoms with Crippen molar-refractivity contribution in [2.75, 3.05) is 6.61 Å². The number of epoxide rings is 1. The summed E-state index contributed by atoms with van der Waals surface area (Å²) in [6.45, 7) is 2.95. The molecule has 1 heterocycles. The molecule has 1 aromatic rings. The van der Waals surface area contributed by atoms with Crippen LogP contribution in [-0.4, -0.2) is 12.7 Å². The zero-order valence-electron chi connectivity index (χ0n) is 6.96. The SMILES string of the molecule is CC(c1ccc(F)cc1)C1CO1. The number of ether oxygens (including phenoxy) is 1. The second kappa shape index (κ2) is 2.87. The van der Waals surface area contributed by atoms with Gasteiger partial charge in [-0.05, 0) is 17.7 Å². The Bertz CT molecular complexity index is 264. The van der Waals surface area contributed by atoms with E-state index in [9.17, 15) is 4.39 Å². The summed E-state index contributed by atoms with van der Waals surface area (Å²) >= 11 is 0. The molecule has 1 aliphatic rings. The fraction of sp³-hybridized carbons (Fsp3) is 0.400. The number of rotatable bonds is 2. The number of halogens is 1. The molecular formula is C10H11FO. The molecule has 0 aromatic heterocycles. The van der Waals surface area contributed by atoms with Gasteiger partial charge in [0, 0.05) is 5.92 Å². The minimum absolute atomic E-state index is 0.178. The van der Waals surface area contributed by atoms with Crippen LogP contribution in [0.3, 0.4) is 0 Å². The van der Waals surface area contributed by atoms with E-state index in [1.807, 2.05) is 12.1 Å². The van der Waals surface area contributed by atoms with Gasteiger partial charge in [0.1, 0.15) is 5.82 Å². The van der Waals surface area contributed by atoms with E-state index in [4.69, 9.17) is 4.74 Å². The second-order valence-corrected chi connectivity index (χ2v) is 3.21. The Hall–Kier alpha value is -0.890. The minimum Gasteiger partial charge on any atom is -0.372 e. The Morgan fingerprint density at radius 1 is 1.42 bits per heavy atom. The van der Waals surface area contributed by atoms with E-state index in [0.717, 1.165) is 12.2 Å². The summed E-state index contributed by atoms with van der Waals surface area (Å²) in [5.74, 6) is 0.216. The molecule has 0 aliphatic carbocycles. The second-order valence-electron chi connectivity index (χ2n) is 3.21. The van der Waals surface area contributed by atoms with Crippen LogP contribution in [0.15, 0.2) is 24.3 Å². The summed E-state index contributed by atoms with van der Waals surface area (Å²) in [5, 5.41) is 0. The summed E-state index contributed by atoms with van der Waals surface area (Å²) in [5.41, 5.74) is 1.15. The van der Waals surface area contributed by atoms with Gasteiger partial charge in [-0.1, -0.05) is 19.1 Å². The van der Waals surface area contributed by atoms with Gasteiger partial charge in [0.05, 0.1) is 12.7 Å². The average molecular weight is 166 g/mol. The largest absolute Gasteiger partial charge is 0.372 e. The predicted molar refractivity (Wildman–Crippen MR) is 44.6 cm³/mol. The lowest BCUT2D eigenvalue weighted by atomic mass is 9.98. The molecule has 1 aromatic carbocycles. The monoisotopic (exact) mass is 166 g/mol. The maximum absolute atomic E-state index is 12.5. The van der Waals surface area contributed by atoms with Crippen LogP contribution < -0.4 is 0 Å². The maximum Gasteiger partial charge on any atom is 0.123 e. The molecule has 1 fully saturated rings. The zero-order chi connectivity index (χ0) is 8.55. The van der Waals surface area contributed by atoms with Crippen molar-refractivity contribution in [3.8, 4) is 0 Å². The fourth-order valence-electron chi connectivity index (χ4n) is 1.33. The van der Waals surface area contributed by atoms with Gasteiger partial charge >= 0.3 is 0 Å². The van der Waals surface area contributed by atoms with Crippen LogP contribution in [0.25, 0.3) is 0 Å². The Morgan fingerprint density at radius 2 is 2.00 bits per heavy atom. The molecule has 1 saturated heterocycles. The molecule has 0 saturated carbocycles. The molecule has 2 rings (SSSR count). The Morgan fingerprint density at radius 3 is 2.50 bits per heavy atom. The first-order valence-corrected chi connectivity index (χ1v) is 4.14. The first-order chi connectivity index (χ1) is 5.77. The van der Waals surface area contributed by atoms with Crippen molar-refractivity contribution in [3.05, 3.63) is 35.6 Å². The van der Waals surface area contributed by atoms with E-state index in [1.165, 1.54) is 12.1 Å². The Balaban J connectivity index is 2.16. The molecule has 0 amide bonds. The maximum atomic E-state index is 12.5. The molecule has 0 N–H and O–H groups in total. The molecular weight excluding hydrogens is 155 g/mol. The van der Waals surface area contributed by atoms with E-state index >= 15 is 0 Å². The highest BCUT2D eigenvalue weighted by Crippen LogP contribution is 2.28. The van der Waals surface area contributed by atoms with E-state index in [2.05, 4.69) is 6.92 Å². The number of benzene rings is 1. The highest BCUT2D eigenvalue weighted by Gasteiger charge is 2.30. The highest BCUT2D eigenvalue weighted by molar-refractivity contribution is 5.21. The van der Waals surface area contributed by atoms with E-state index in [1.54, 1.807) is 0 Å². The minimum atomic E-state index is -0.178. The third-order valence-corrected chi connectivity index (χ3v) is 2.31. The van der Waals surface area contributed by atoms with Gasteiger partial charge in [0.15, 0.2) is 0 Å². The molecule has 2 atom stereocenters. The molecule has 12 heavy (non-hydrogen) atoms. The van der Waals surface area contributed by atoms with Crippen LogP contribution in [0, 0.1) is 5.82 Å². The van der Waals surface area contributed by atoms with Gasteiger partial charge in [-0.3, -0.25) is 0 Å². The van der Waals surface area contributed by atoms with Crippen LogP contribution in [0.2, 0.25) is 0 Å². The highest BCUT2D eigenvalue weighted by atomic mass is 19.1. The van der Waals surface area contributed by atoms with Crippen molar-refractivity contribution in [1.29, 1.82) is 0 Å². The zero-order valence-corrected chi connectivity index (χ0v) is 6.96. The topological polar surface area (TPSA) is 12.5 Å². The normalized spacial score (nSPS) is 23.7. The molecule has 2 unspecified atom stereocenters. The van der Waals surface area contributed by atoms with Gasteiger partial charge in [0.25, 0.3) is 0 Å². The smallest absolute Gasteiger partial charge is 0.123 e. The quantitative estimate of drug-likeness (QED) is 0.614. The molecule has 0 radical (unpaired) electrons. The number of hydrogen-bond acceptors (Lipinski definition) is 1. The van der Waals surface area contributed by atoms with Crippen molar-refractivity contribution >= 4 is 0 Å². The van der Waals surface area contributed by atoms with Gasteiger partial charge in [-0.2, -0.15) is 0 Å². The molecule has 1 nitrogen and oxygen atoms in total. The molecule has 2 heteroatoms. The third kappa shape index (κ3) is 1.48. The summed E-state index contributed by atoms with van der Waals surface area (Å²) < 4.78 is 17.7. The summed E-state index contributed by atoms with van der Waals surface area (Å²) in [7, 11) is 0. The summed E-state index contributed by atoms with van der Waals surface area (Å²) in [4.78, 5) is 0. The lowest BCUT2D eigenvalue weighted by molar-refractivity contribution is 0.382. The third-order valence-electron chi connectivity index (χ3n) is 2.31. The van der Waals surface area contributed by atoms with E-state index in [-0.39, 0.29) is 5.82 Å². The van der Waals surface area contributed by atoms with Gasteiger partial charge in [0.2, 0.25) is 0 Å².